The van der Waals surface area contributed by atoms with E-state index in [4.69, 9.17) is 9.47 Å². The largest absolute Gasteiger partial charge is 0.460 e. The topological polar surface area (TPSA) is 93.1 Å². The highest BCUT2D eigenvalue weighted by molar-refractivity contribution is 5.70. The summed E-state index contributed by atoms with van der Waals surface area (Å²) in [5.41, 5.74) is -2.00. The van der Waals surface area contributed by atoms with Crippen molar-refractivity contribution in [1.29, 1.82) is 0 Å². The SMILES string of the molecule is CCCCCCC(CCCCCCCCCCC(=O)OC(C)(C)CCCCCCC(C)(C)OC(=O)CCCCCCCCCCC(CCCCCC)C(C)(C)O)C(C)(C)O. The molecule has 6 heteroatoms. The molecular weight excluding hydrogens is 745 g/mol. The molecular formula is C54H106O6. The first kappa shape index (κ1) is 58.9. The normalized spacial score (nSPS) is 13.7. The first-order valence-corrected chi connectivity index (χ1v) is 26.2. The van der Waals surface area contributed by atoms with E-state index in [0.717, 1.165) is 89.9 Å². The zero-order chi connectivity index (χ0) is 45.2. The Bertz CT molecular complexity index is 925. The summed E-state index contributed by atoms with van der Waals surface area (Å²) in [6.45, 7) is 20.6. The van der Waals surface area contributed by atoms with Gasteiger partial charge in [0.15, 0.2) is 0 Å². The van der Waals surface area contributed by atoms with Crippen LogP contribution in [0.4, 0.5) is 0 Å². The fourth-order valence-corrected chi connectivity index (χ4v) is 9.05. The average Bonchev–Trinajstić information content (AvgIpc) is 3.14. The number of hydrogen-bond acceptors (Lipinski definition) is 6. The highest BCUT2D eigenvalue weighted by Gasteiger charge is 2.27. The first-order valence-electron chi connectivity index (χ1n) is 26.2. The van der Waals surface area contributed by atoms with Crippen LogP contribution in [0.1, 0.15) is 300 Å². The second kappa shape index (κ2) is 35.2. The quantitative estimate of drug-likeness (QED) is 0.0469. The summed E-state index contributed by atoms with van der Waals surface area (Å²) >= 11 is 0. The van der Waals surface area contributed by atoms with Crippen LogP contribution in [0.15, 0.2) is 0 Å². The summed E-state index contributed by atoms with van der Waals surface area (Å²) in [4.78, 5) is 25.1. The lowest BCUT2D eigenvalue weighted by atomic mass is 9.82. The lowest BCUT2D eigenvalue weighted by molar-refractivity contribution is -0.158. The van der Waals surface area contributed by atoms with Crippen LogP contribution in [0.2, 0.25) is 0 Å². The van der Waals surface area contributed by atoms with Crippen LogP contribution in [0.5, 0.6) is 0 Å². The Morgan fingerprint density at radius 1 is 0.367 bits per heavy atom. The number of carbonyl (C=O) groups is 2. The van der Waals surface area contributed by atoms with Gasteiger partial charge in [-0.2, -0.15) is 0 Å². The molecule has 0 aromatic heterocycles. The molecule has 60 heavy (non-hydrogen) atoms. The van der Waals surface area contributed by atoms with Gasteiger partial charge in [-0.1, -0.05) is 168 Å². The number of ether oxygens (including phenoxy) is 2. The fourth-order valence-electron chi connectivity index (χ4n) is 9.05. The van der Waals surface area contributed by atoms with Gasteiger partial charge in [0.25, 0.3) is 0 Å². The predicted octanol–water partition coefficient (Wildman–Crippen LogP) is 16.5. The van der Waals surface area contributed by atoms with Gasteiger partial charge in [0.05, 0.1) is 11.2 Å². The highest BCUT2D eigenvalue weighted by Crippen LogP contribution is 2.30. The number of rotatable bonds is 43. The van der Waals surface area contributed by atoms with Gasteiger partial charge in [0.1, 0.15) is 11.2 Å². The third-order valence-corrected chi connectivity index (χ3v) is 13.3. The van der Waals surface area contributed by atoms with Gasteiger partial charge in [-0.15, -0.1) is 0 Å². The lowest BCUT2D eigenvalue weighted by Gasteiger charge is -2.29. The molecule has 0 aromatic rings. The van der Waals surface area contributed by atoms with Gasteiger partial charge in [0.2, 0.25) is 0 Å². The molecule has 0 saturated heterocycles. The molecule has 0 spiro atoms. The number of carbonyl (C=O) groups excluding carboxylic acids is 2. The summed E-state index contributed by atoms with van der Waals surface area (Å²) in [6.07, 6.45) is 40.6. The van der Waals surface area contributed by atoms with Crippen LogP contribution in [0, 0.1) is 11.8 Å². The average molecular weight is 851 g/mol. The molecule has 0 rings (SSSR count). The minimum absolute atomic E-state index is 0.0635. The molecule has 6 nitrogen and oxygen atoms in total. The molecule has 0 heterocycles. The van der Waals surface area contributed by atoms with Crippen molar-refractivity contribution in [2.24, 2.45) is 11.8 Å². The van der Waals surface area contributed by atoms with Crippen molar-refractivity contribution in [3.05, 3.63) is 0 Å². The zero-order valence-electron chi connectivity index (χ0n) is 42.1. The van der Waals surface area contributed by atoms with Crippen LogP contribution in [-0.2, 0) is 19.1 Å². The van der Waals surface area contributed by atoms with Gasteiger partial charge >= 0.3 is 11.9 Å². The van der Waals surface area contributed by atoms with Crippen molar-refractivity contribution in [3.8, 4) is 0 Å². The number of unbranched alkanes of at least 4 members (excludes halogenated alkanes) is 23. The Labute approximate surface area is 374 Å². The molecule has 2 atom stereocenters. The van der Waals surface area contributed by atoms with Gasteiger partial charge in [-0.05, 0) is 131 Å². The van der Waals surface area contributed by atoms with E-state index in [1.165, 1.54) is 128 Å². The summed E-state index contributed by atoms with van der Waals surface area (Å²) in [7, 11) is 0. The van der Waals surface area contributed by atoms with Crippen molar-refractivity contribution < 1.29 is 29.3 Å². The molecule has 0 aliphatic heterocycles. The summed E-state index contributed by atoms with van der Waals surface area (Å²) in [5.74, 6) is 0.706. The lowest BCUT2D eigenvalue weighted by Crippen LogP contribution is -2.30. The molecule has 0 fully saturated rings. The maximum atomic E-state index is 12.6. The molecule has 0 aliphatic carbocycles. The highest BCUT2D eigenvalue weighted by atomic mass is 16.6. The first-order chi connectivity index (χ1) is 28.3. The smallest absolute Gasteiger partial charge is 0.306 e. The monoisotopic (exact) mass is 851 g/mol. The zero-order valence-corrected chi connectivity index (χ0v) is 42.1. The molecule has 2 unspecified atom stereocenters. The van der Waals surface area contributed by atoms with Crippen molar-refractivity contribution in [2.75, 3.05) is 0 Å². The third-order valence-electron chi connectivity index (χ3n) is 13.3. The summed E-state index contributed by atoms with van der Waals surface area (Å²) in [6, 6.07) is 0. The number of hydrogen-bond donors (Lipinski definition) is 2. The van der Waals surface area contributed by atoms with E-state index in [-0.39, 0.29) is 11.9 Å². The van der Waals surface area contributed by atoms with Crippen LogP contribution in [0.3, 0.4) is 0 Å². The Morgan fingerprint density at radius 3 is 0.867 bits per heavy atom. The maximum Gasteiger partial charge on any atom is 0.306 e. The van der Waals surface area contributed by atoms with Crippen LogP contribution >= 0.6 is 0 Å². The third kappa shape index (κ3) is 36.4. The van der Waals surface area contributed by atoms with Crippen LogP contribution in [-0.4, -0.2) is 44.6 Å². The fraction of sp³-hybridized carbons (Fsp3) is 0.963. The van der Waals surface area contributed by atoms with E-state index in [1.54, 1.807) is 0 Å². The molecule has 0 saturated carbocycles. The number of aliphatic hydroxyl groups is 2. The van der Waals surface area contributed by atoms with Crippen molar-refractivity contribution in [2.45, 2.75) is 323 Å². The summed E-state index contributed by atoms with van der Waals surface area (Å²) < 4.78 is 11.8. The Morgan fingerprint density at radius 2 is 0.600 bits per heavy atom. The van der Waals surface area contributed by atoms with Gasteiger partial charge in [0, 0.05) is 12.8 Å². The standard InChI is InChI=1S/C54H106O6/c1-11-13-15-31-39-47(53(7,8)57)41-33-25-21-17-19-23-27-35-43-49(55)59-51(3,4)45-37-29-30-38-46-52(5,6)60-50(56)44-36-28-24-20-18-22-26-34-42-48(54(9,10)58)40-32-16-14-12-2/h47-48,57-58H,11-46H2,1-10H3. The minimum atomic E-state index is -0.569. The van der Waals surface area contributed by atoms with Gasteiger partial charge in [-0.25, -0.2) is 0 Å². The van der Waals surface area contributed by atoms with E-state index in [0.29, 0.717) is 24.7 Å². The maximum absolute atomic E-state index is 12.6. The van der Waals surface area contributed by atoms with Gasteiger partial charge < -0.3 is 19.7 Å². The molecule has 0 radical (unpaired) electrons. The van der Waals surface area contributed by atoms with E-state index in [9.17, 15) is 19.8 Å². The van der Waals surface area contributed by atoms with E-state index < -0.39 is 22.4 Å². The second-order valence-electron chi connectivity index (χ2n) is 21.5. The predicted molar refractivity (Wildman–Crippen MR) is 257 cm³/mol. The van der Waals surface area contributed by atoms with Gasteiger partial charge in [-0.3, -0.25) is 9.59 Å². The van der Waals surface area contributed by atoms with E-state index in [1.807, 2.05) is 55.4 Å². The molecule has 0 bridgehead atoms. The molecule has 0 aromatic carbocycles. The van der Waals surface area contributed by atoms with Crippen molar-refractivity contribution in [1.82, 2.24) is 0 Å². The minimum Gasteiger partial charge on any atom is -0.460 e. The Hall–Kier alpha value is -1.14. The molecule has 0 aliphatic rings. The van der Waals surface area contributed by atoms with Crippen molar-refractivity contribution in [3.63, 3.8) is 0 Å². The van der Waals surface area contributed by atoms with E-state index >= 15 is 0 Å². The Balaban J connectivity index is 3.89. The second-order valence-corrected chi connectivity index (χ2v) is 21.5. The molecule has 2 N–H and O–H groups in total. The van der Waals surface area contributed by atoms with E-state index in [2.05, 4.69) is 13.8 Å². The molecule has 358 valence electrons. The number of esters is 2. The molecule has 0 amide bonds. The van der Waals surface area contributed by atoms with Crippen molar-refractivity contribution >= 4 is 11.9 Å². The summed E-state index contributed by atoms with van der Waals surface area (Å²) in [5, 5.41) is 21.2. The van der Waals surface area contributed by atoms with Crippen LogP contribution in [0.25, 0.3) is 0 Å². The Kier molecular flexibility index (Phi) is 34.6. The van der Waals surface area contributed by atoms with Crippen LogP contribution < -0.4 is 0 Å².